The van der Waals surface area contributed by atoms with E-state index in [9.17, 15) is 13.2 Å². The summed E-state index contributed by atoms with van der Waals surface area (Å²) in [4.78, 5) is 8.39. The van der Waals surface area contributed by atoms with Crippen molar-refractivity contribution in [3.63, 3.8) is 0 Å². The third-order valence-corrected chi connectivity index (χ3v) is 4.18. The van der Waals surface area contributed by atoms with E-state index in [0.717, 1.165) is 31.4 Å². The van der Waals surface area contributed by atoms with Crippen molar-refractivity contribution in [3.8, 4) is 0 Å². The lowest BCUT2D eigenvalue weighted by molar-refractivity contribution is -0.141. The number of hydrogen-bond acceptors (Lipinski definition) is 5. The summed E-state index contributed by atoms with van der Waals surface area (Å²) >= 11 is 0. The lowest BCUT2D eigenvalue weighted by Gasteiger charge is -2.32. The van der Waals surface area contributed by atoms with E-state index in [0.29, 0.717) is 18.0 Å². The molecule has 4 heterocycles. The maximum Gasteiger partial charge on any atom is 0.432 e. The van der Waals surface area contributed by atoms with E-state index in [1.807, 2.05) is 17.0 Å². The number of anilines is 1. The summed E-state index contributed by atoms with van der Waals surface area (Å²) in [5, 5.41) is 12.1. The van der Waals surface area contributed by atoms with Crippen LogP contribution in [0.1, 0.15) is 30.3 Å². The van der Waals surface area contributed by atoms with Gasteiger partial charge in [0.25, 0.3) is 0 Å². The van der Waals surface area contributed by atoms with Gasteiger partial charge in [-0.15, -0.1) is 15.3 Å². The number of fused-ring (bicyclic) bond motifs is 1. The third-order valence-electron chi connectivity index (χ3n) is 4.18. The number of aromatic amines is 1. The van der Waals surface area contributed by atoms with E-state index in [2.05, 4.69) is 25.3 Å². The van der Waals surface area contributed by atoms with Crippen molar-refractivity contribution in [1.29, 1.82) is 0 Å². The van der Waals surface area contributed by atoms with Gasteiger partial charge in [0, 0.05) is 19.0 Å². The molecule has 1 N–H and O–H groups in total. The first-order valence-corrected chi connectivity index (χ1v) is 7.55. The minimum absolute atomic E-state index is 0.0896. The Labute approximate surface area is 134 Å². The second-order valence-corrected chi connectivity index (χ2v) is 5.79. The predicted molar refractivity (Wildman–Crippen MR) is 78.6 cm³/mol. The lowest BCUT2D eigenvalue weighted by Crippen LogP contribution is -2.35. The molecule has 3 aromatic heterocycles. The van der Waals surface area contributed by atoms with E-state index >= 15 is 0 Å². The quantitative estimate of drug-likeness (QED) is 0.776. The standard InChI is InChI=1S/C14H14F3N7/c15-14(16,17)10-6-18-13(20-10)9-2-1-5-23(7-9)12-4-3-11-21-19-8-24(11)22-12/h3-4,6,8-9H,1-2,5,7H2,(H,18,20). The zero-order valence-electron chi connectivity index (χ0n) is 12.5. The van der Waals surface area contributed by atoms with E-state index in [1.165, 1.54) is 6.33 Å². The number of imidazole rings is 1. The summed E-state index contributed by atoms with van der Waals surface area (Å²) in [6.45, 7) is 1.36. The van der Waals surface area contributed by atoms with Crippen LogP contribution in [0.15, 0.2) is 24.7 Å². The van der Waals surface area contributed by atoms with E-state index in [4.69, 9.17) is 0 Å². The SMILES string of the molecule is FC(F)(F)c1cnc(C2CCCN(c3ccc4nncn4n3)C2)[nH]1. The molecule has 1 fully saturated rings. The summed E-state index contributed by atoms with van der Waals surface area (Å²) in [6, 6.07) is 3.66. The summed E-state index contributed by atoms with van der Waals surface area (Å²) in [5.41, 5.74) is -0.160. The van der Waals surface area contributed by atoms with Gasteiger partial charge in [0.15, 0.2) is 5.65 Å². The Bertz CT molecular complexity index is 853. The molecule has 126 valence electrons. The zero-order chi connectivity index (χ0) is 16.7. The minimum Gasteiger partial charge on any atom is -0.354 e. The number of hydrogen-bond donors (Lipinski definition) is 1. The van der Waals surface area contributed by atoms with Crippen molar-refractivity contribution in [2.45, 2.75) is 24.9 Å². The molecule has 1 saturated heterocycles. The molecule has 1 aliphatic rings. The first kappa shape index (κ1) is 14.9. The largest absolute Gasteiger partial charge is 0.432 e. The topological polar surface area (TPSA) is 75.0 Å². The molecule has 3 aromatic rings. The normalized spacial score (nSPS) is 19.1. The van der Waals surface area contributed by atoms with Crippen LogP contribution in [-0.2, 0) is 6.18 Å². The highest BCUT2D eigenvalue weighted by molar-refractivity contribution is 5.45. The summed E-state index contributed by atoms with van der Waals surface area (Å²) in [7, 11) is 0. The molecule has 0 aliphatic carbocycles. The number of aromatic nitrogens is 6. The van der Waals surface area contributed by atoms with Crippen molar-refractivity contribution < 1.29 is 13.2 Å². The van der Waals surface area contributed by atoms with Gasteiger partial charge in [0.2, 0.25) is 0 Å². The number of rotatable bonds is 2. The van der Waals surface area contributed by atoms with Crippen molar-refractivity contribution >= 4 is 11.5 Å². The number of halogens is 3. The first-order valence-electron chi connectivity index (χ1n) is 7.55. The number of H-pyrrole nitrogens is 1. The van der Waals surface area contributed by atoms with Crippen LogP contribution in [-0.4, -0.2) is 42.9 Å². The monoisotopic (exact) mass is 337 g/mol. The highest BCUT2D eigenvalue weighted by Gasteiger charge is 2.34. The van der Waals surface area contributed by atoms with Crippen molar-refractivity contribution in [1.82, 2.24) is 29.8 Å². The van der Waals surface area contributed by atoms with Crippen molar-refractivity contribution in [2.24, 2.45) is 0 Å². The van der Waals surface area contributed by atoms with E-state index < -0.39 is 11.9 Å². The van der Waals surface area contributed by atoms with Crippen LogP contribution in [0.3, 0.4) is 0 Å². The van der Waals surface area contributed by atoms with Gasteiger partial charge >= 0.3 is 6.18 Å². The Balaban J connectivity index is 1.56. The van der Waals surface area contributed by atoms with Crippen LogP contribution in [0, 0.1) is 0 Å². The van der Waals surface area contributed by atoms with Crippen LogP contribution in [0.25, 0.3) is 5.65 Å². The van der Waals surface area contributed by atoms with Crippen LogP contribution in [0.5, 0.6) is 0 Å². The highest BCUT2D eigenvalue weighted by atomic mass is 19.4. The molecule has 24 heavy (non-hydrogen) atoms. The Morgan fingerprint density at radius 1 is 1.25 bits per heavy atom. The van der Waals surface area contributed by atoms with E-state index in [-0.39, 0.29) is 5.92 Å². The first-order chi connectivity index (χ1) is 11.5. The Hall–Kier alpha value is -2.65. The Kier molecular flexibility index (Phi) is 3.39. The fourth-order valence-corrected chi connectivity index (χ4v) is 2.98. The molecule has 0 amide bonds. The maximum atomic E-state index is 12.7. The predicted octanol–water partition coefficient (Wildman–Crippen LogP) is 2.25. The molecule has 4 rings (SSSR count). The second kappa shape index (κ2) is 5.46. The molecule has 1 unspecified atom stereocenters. The summed E-state index contributed by atoms with van der Waals surface area (Å²) in [5.74, 6) is 1.03. The number of nitrogens with one attached hydrogen (secondary N) is 1. The van der Waals surface area contributed by atoms with Gasteiger partial charge < -0.3 is 9.88 Å². The van der Waals surface area contributed by atoms with Gasteiger partial charge in [0.05, 0.1) is 6.20 Å². The van der Waals surface area contributed by atoms with Crippen molar-refractivity contribution in [2.75, 3.05) is 18.0 Å². The molecule has 1 atom stereocenters. The molecule has 0 saturated carbocycles. The third kappa shape index (κ3) is 2.68. The van der Waals surface area contributed by atoms with Gasteiger partial charge in [-0.2, -0.15) is 17.7 Å². The van der Waals surface area contributed by atoms with Crippen LogP contribution in [0.4, 0.5) is 19.0 Å². The smallest absolute Gasteiger partial charge is 0.354 e. The molecule has 0 bridgehead atoms. The molecule has 1 aliphatic heterocycles. The maximum absolute atomic E-state index is 12.7. The van der Waals surface area contributed by atoms with Crippen LogP contribution >= 0.6 is 0 Å². The van der Waals surface area contributed by atoms with Crippen LogP contribution in [0.2, 0.25) is 0 Å². The molecule has 7 nitrogen and oxygen atoms in total. The van der Waals surface area contributed by atoms with E-state index in [1.54, 1.807) is 4.52 Å². The van der Waals surface area contributed by atoms with Gasteiger partial charge in [-0.25, -0.2) is 4.98 Å². The van der Waals surface area contributed by atoms with Gasteiger partial charge in [-0.3, -0.25) is 0 Å². The summed E-state index contributed by atoms with van der Waals surface area (Å²) < 4.78 is 39.7. The van der Waals surface area contributed by atoms with Crippen LogP contribution < -0.4 is 4.90 Å². The van der Waals surface area contributed by atoms with Gasteiger partial charge in [-0.1, -0.05) is 0 Å². The highest BCUT2D eigenvalue weighted by Crippen LogP contribution is 2.31. The van der Waals surface area contributed by atoms with Crippen molar-refractivity contribution in [3.05, 3.63) is 36.2 Å². The molecular weight excluding hydrogens is 323 g/mol. The number of alkyl halides is 3. The molecular formula is C14H14F3N7. The summed E-state index contributed by atoms with van der Waals surface area (Å²) in [6.07, 6.45) is -0.385. The lowest BCUT2D eigenvalue weighted by atomic mass is 9.97. The number of piperidine rings is 1. The fourth-order valence-electron chi connectivity index (χ4n) is 2.98. The Morgan fingerprint density at radius 2 is 2.12 bits per heavy atom. The zero-order valence-corrected chi connectivity index (χ0v) is 12.5. The van der Waals surface area contributed by atoms with Gasteiger partial charge in [-0.05, 0) is 25.0 Å². The second-order valence-electron chi connectivity index (χ2n) is 5.79. The number of nitrogens with zero attached hydrogens (tertiary/aromatic N) is 6. The molecule has 0 radical (unpaired) electrons. The molecule has 10 heteroatoms. The molecule has 0 aromatic carbocycles. The Morgan fingerprint density at radius 3 is 2.92 bits per heavy atom. The average molecular weight is 337 g/mol. The minimum atomic E-state index is -4.40. The average Bonchev–Trinajstić information content (AvgIpc) is 3.23. The fraction of sp³-hybridized carbons (Fsp3) is 0.429. The molecule has 0 spiro atoms. The van der Waals surface area contributed by atoms with Gasteiger partial charge in [0.1, 0.15) is 23.7 Å².